The molecular formula is C15H11Cl2FN2O. The van der Waals surface area contributed by atoms with Crippen molar-refractivity contribution >= 4 is 41.0 Å². The van der Waals surface area contributed by atoms with E-state index in [1.165, 1.54) is 24.4 Å². The zero-order valence-corrected chi connectivity index (χ0v) is 12.3. The maximum atomic E-state index is 13.3. The van der Waals surface area contributed by atoms with E-state index in [-0.39, 0.29) is 5.82 Å². The highest BCUT2D eigenvalue weighted by molar-refractivity contribution is 6.35. The quantitative estimate of drug-likeness (QED) is 0.826. The van der Waals surface area contributed by atoms with Crippen LogP contribution in [0.2, 0.25) is 10.0 Å². The lowest BCUT2D eigenvalue weighted by molar-refractivity contribution is 0.255. The van der Waals surface area contributed by atoms with Crippen LogP contribution in [0.25, 0.3) is 6.08 Å². The van der Waals surface area contributed by atoms with Gasteiger partial charge in [-0.15, -0.1) is 0 Å². The summed E-state index contributed by atoms with van der Waals surface area (Å²) < 4.78 is 13.3. The minimum atomic E-state index is -0.508. The van der Waals surface area contributed by atoms with Crippen molar-refractivity contribution in [1.82, 2.24) is 5.32 Å². The van der Waals surface area contributed by atoms with E-state index in [1.807, 2.05) is 0 Å². The molecule has 0 aliphatic rings. The predicted octanol–water partition coefficient (Wildman–Crippen LogP) is 4.92. The molecule has 21 heavy (non-hydrogen) atoms. The topological polar surface area (TPSA) is 41.1 Å². The van der Waals surface area contributed by atoms with Crippen molar-refractivity contribution < 1.29 is 9.18 Å². The van der Waals surface area contributed by atoms with Crippen LogP contribution in [-0.2, 0) is 0 Å². The number of urea groups is 1. The molecule has 2 N–H and O–H groups in total. The molecule has 3 nitrogen and oxygen atoms in total. The van der Waals surface area contributed by atoms with Crippen LogP contribution in [0.4, 0.5) is 14.9 Å². The molecule has 0 bridgehead atoms. The van der Waals surface area contributed by atoms with Gasteiger partial charge in [0.05, 0.1) is 10.7 Å². The van der Waals surface area contributed by atoms with Crippen LogP contribution in [0.1, 0.15) is 5.56 Å². The minimum absolute atomic E-state index is 0.367. The third-order valence-electron chi connectivity index (χ3n) is 2.56. The highest BCUT2D eigenvalue weighted by atomic mass is 35.5. The van der Waals surface area contributed by atoms with Gasteiger partial charge in [0.15, 0.2) is 0 Å². The van der Waals surface area contributed by atoms with E-state index in [4.69, 9.17) is 23.2 Å². The lowest BCUT2D eigenvalue weighted by Crippen LogP contribution is -2.23. The molecule has 0 fully saturated rings. The first-order chi connectivity index (χ1) is 10.1. The number of hydrogen-bond acceptors (Lipinski definition) is 1. The van der Waals surface area contributed by atoms with Gasteiger partial charge in [-0.1, -0.05) is 41.4 Å². The molecule has 0 aromatic heterocycles. The Morgan fingerprint density at radius 1 is 1.14 bits per heavy atom. The lowest BCUT2D eigenvalue weighted by Gasteiger charge is -2.07. The summed E-state index contributed by atoms with van der Waals surface area (Å²) in [6, 6.07) is 10.4. The largest absolute Gasteiger partial charge is 0.323 e. The lowest BCUT2D eigenvalue weighted by atomic mass is 10.2. The highest BCUT2D eigenvalue weighted by Crippen LogP contribution is 2.25. The van der Waals surface area contributed by atoms with Gasteiger partial charge in [-0.3, -0.25) is 0 Å². The Balaban J connectivity index is 1.96. The van der Waals surface area contributed by atoms with Crippen molar-refractivity contribution in [2.75, 3.05) is 5.32 Å². The molecule has 0 heterocycles. The molecule has 0 saturated heterocycles. The van der Waals surface area contributed by atoms with Crippen LogP contribution < -0.4 is 10.6 Å². The number of amides is 2. The van der Waals surface area contributed by atoms with E-state index < -0.39 is 6.03 Å². The van der Waals surface area contributed by atoms with Crippen LogP contribution in [0, 0.1) is 5.82 Å². The number of carbonyl (C=O) groups is 1. The molecule has 0 unspecified atom stereocenters. The number of carbonyl (C=O) groups excluding carboxylic acids is 1. The van der Waals surface area contributed by atoms with E-state index in [1.54, 1.807) is 30.3 Å². The Kier molecular flexibility index (Phi) is 5.20. The molecule has 6 heteroatoms. The Bertz CT molecular complexity index is 689. The van der Waals surface area contributed by atoms with Crippen molar-refractivity contribution in [2.24, 2.45) is 0 Å². The average molecular weight is 325 g/mol. The summed E-state index contributed by atoms with van der Waals surface area (Å²) in [6.07, 6.45) is 2.79. The maximum absolute atomic E-state index is 13.3. The second-order valence-electron chi connectivity index (χ2n) is 4.08. The third kappa shape index (κ3) is 4.48. The van der Waals surface area contributed by atoms with Crippen LogP contribution >= 0.6 is 23.2 Å². The maximum Gasteiger partial charge on any atom is 0.323 e. The van der Waals surface area contributed by atoms with Crippen LogP contribution in [0.3, 0.4) is 0 Å². The Hall–Kier alpha value is -2.04. The zero-order chi connectivity index (χ0) is 15.2. The molecule has 2 amide bonds. The number of hydrogen-bond donors (Lipinski definition) is 2. The predicted molar refractivity (Wildman–Crippen MR) is 84.1 cm³/mol. The minimum Gasteiger partial charge on any atom is -0.314 e. The Labute approximate surface area is 131 Å². The number of halogens is 3. The summed E-state index contributed by atoms with van der Waals surface area (Å²) in [7, 11) is 0. The Morgan fingerprint density at radius 2 is 1.90 bits per heavy atom. The number of benzene rings is 2. The van der Waals surface area contributed by atoms with Gasteiger partial charge in [0.1, 0.15) is 5.82 Å². The first kappa shape index (κ1) is 15.4. The van der Waals surface area contributed by atoms with Gasteiger partial charge >= 0.3 is 6.03 Å². The van der Waals surface area contributed by atoms with Gasteiger partial charge in [-0.2, -0.15) is 0 Å². The Morgan fingerprint density at radius 3 is 2.67 bits per heavy atom. The summed E-state index contributed by atoms with van der Waals surface area (Å²) in [6.45, 7) is 0. The molecule has 0 saturated carbocycles. The fraction of sp³-hybridized carbons (Fsp3) is 0. The number of nitrogens with one attached hydrogen (secondary N) is 2. The van der Waals surface area contributed by atoms with Crippen molar-refractivity contribution in [3.05, 3.63) is 70.1 Å². The molecule has 108 valence electrons. The second kappa shape index (κ2) is 7.11. The third-order valence-corrected chi connectivity index (χ3v) is 3.12. The van der Waals surface area contributed by atoms with Crippen LogP contribution in [0.15, 0.2) is 48.7 Å². The van der Waals surface area contributed by atoms with E-state index >= 15 is 0 Å². The zero-order valence-electron chi connectivity index (χ0n) is 10.7. The SMILES string of the molecule is O=C(N/C=C/c1ccccc1F)Nc1cc(Cl)ccc1Cl. The molecule has 2 aromatic rings. The van der Waals surface area contributed by atoms with Crippen LogP contribution in [-0.4, -0.2) is 6.03 Å². The summed E-state index contributed by atoms with van der Waals surface area (Å²) in [5.74, 6) is -0.367. The molecule has 2 rings (SSSR count). The number of anilines is 1. The van der Waals surface area contributed by atoms with Crippen molar-refractivity contribution in [3.8, 4) is 0 Å². The van der Waals surface area contributed by atoms with Gasteiger partial charge in [-0.25, -0.2) is 9.18 Å². The first-order valence-corrected chi connectivity index (χ1v) is 6.75. The fourth-order valence-corrected chi connectivity index (χ4v) is 1.91. The summed E-state index contributed by atoms with van der Waals surface area (Å²) in [4.78, 5) is 11.7. The summed E-state index contributed by atoms with van der Waals surface area (Å²) in [5, 5.41) is 5.82. The number of rotatable bonds is 3. The standard InChI is InChI=1S/C15H11Cl2FN2O/c16-11-5-6-12(17)14(9-11)20-15(21)19-8-7-10-3-1-2-4-13(10)18/h1-9H,(H2,19,20,21)/b8-7+. The second-order valence-corrected chi connectivity index (χ2v) is 4.92. The van der Waals surface area contributed by atoms with Crippen molar-refractivity contribution in [1.29, 1.82) is 0 Å². The van der Waals surface area contributed by atoms with E-state index in [0.717, 1.165) is 0 Å². The van der Waals surface area contributed by atoms with Crippen LogP contribution in [0.5, 0.6) is 0 Å². The van der Waals surface area contributed by atoms with Crippen molar-refractivity contribution in [3.63, 3.8) is 0 Å². The van der Waals surface area contributed by atoms with Gasteiger partial charge in [0.2, 0.25) is 0 Å². The molecule has 0 aliphatic carbocycles. The fourth-order valence-electron chi connectivity index (χ4n) is 1.57. The van der Waals surface area contributed by atoms with Gasteiger partial charge in [0, 0.05) is 16.8 Å². The molecule has 2 aromatic carbocycles. The first-order valence-electron chi connectivity index (χ1n) is 6.00. The molecule has 0 atom stereocenters. The van der Waals surface area contributed by atoms with Gasteiger partial charge in [0.25, 0.3) is 0 Å². The summed E-state index contributed by atoms with van der Waals surface area (Å²) in [5.41, 5.74) is 0.763. The molecule has 0 spiro atoms. The molecular weight excluding hydrogens is 314 g/mol. The van der Waals surface area contributed by atoms with Gasteiger partial charge < -0.3 is 10.6 Å². The average Bonchev–Trinajstić information content (AvgIpc) is 2.45. The normalized spacial score (nSPS) is 10.6. The monoisotopic (exact) mass is 324 g/mol. The van der Waals surface area contributed by atoms with E-state index in [2.05, 4.69) is 10.6 Å². The highest BCUT2D eigenvalue weighted by Gasteiger charge is 2.05. The molecule has 0 aliphatic heterocycles. The van der Waals surface area contributed by atoms with E-state index in [0.29, 0.717) is 21.3 Å². The van der Waals surface area contributed by atoms with Gasteiger partial charge in [-0.05, 0) is 30.3 Å². The van der Waals surface area contributed by atoms with E-state index in [9.17, 15) is 9.18 Å². The molecule has 0 radical (unpaired) electrons. The smallest absolute Gasteiger partial charge is 0.314 e. The van der Waals surface area contributed by atoms with Crippen molar-refractivity contribution in [2.45, 2.75) is 0 Å². The summed E-state index contributed by atoms with van der Waals surface area (Å²) >= 11 is 11.7.